The summed E-state index contributed by atoms with van der Waals surface area (Å²) in [6, 6.07) is 9.25. The first-order valence-corrected chi connectivity index (χ1v) is 13.2. The minimum absolute atomic E-state index is 0.0217. The quantitative estimate of drug-likeness (QED) is 0.232. The van der Waals surface area contributed by atoms with Crippen LogP contribution in [0.3, 0.4) is 0 Å². The van der Waals surface area contributed by atoms with Crippen LogP contribution in [0, 0.1) is 0 Å². The van der Waals surface area contributed by atoms with Crippen molar-refractivity contribution < 1.29 is 36.7 Å². The van der Waals surface area contributed by atoms with E-state index < -0.39 is 63.4 Å². The lowest BCUT2D eigenvalue weighted by molar-refractivity contribution is -0.248. The van der Waals surface area contributed by atoms with E-state index in [-0.39, 0.29) is 32.7 Å². The third kappa shape index (κ3) is 4.12. The zero-order valence-electron chi connectivity index (χ0n) is 20.4. The molecular formula is C27H17Cl3F3NO6. The summed E-state index contributed by atoms with van der Waals surface area (Å²) in [6.07, 6.45) is -6.04. The number of alkyl halides is 5. The van der Waals surface area contributed by atoms with Gasteiger partial charge in [-0.2, -0.15) is 13.2 Å². The van der Waals surface area contributed by atoms with Gasteiger partial charge in [0.1, 0.15) is 0 Å². The normalized spacial score (nSPS) is 19.7. The lowest BCUT2D eigenvalue weighted by atomic mass is 9.76. The van der Waals surface area contributed by atoms with Crippen LogP contribution in [-0.4, -0.2) is 36.2 Å². The highest BCUT2D eigenvalue weighted by Gasteiger charge is 2.67. The Kier molecular flexibility index (Phi) is 7.00. The number of ketones is 2. The van der Waals surface area contributed by atoms with Gasteiger partial charge < -0.3 is 9.15 Å². The van der Waals surface area contributed by atoms with Crippen molar-refractivity contribution in [1.82, 2.24) is 0 Å². The number of hydrogen-bond acceptors (Lipinski definition) is 6. The third-order valence-electron chi connectivity index (χ3n) is 6.96. The first-order chi connectivity index (χ1) is 18.9. The van der Waals surface area contributed by atoms with Gasteiger partial charge in [0.2, 0.25) is 5.78 Å². The van der Waals surface area contributed by atoms with Crippen molar-refractivity contribution in [1.29, 1.82) is 0 Å². The Hall–Kier alpha value is -3.34. The molecule has 1 saturated carbocycles. The number of carbonyl (C=O) groups is 3. The van der Waals surface area contributed by atoms with E-state index >= 15 is 13.2 Å². The van der Waals surface area contributed by atoms with Gasteiger partial charge in [0.15, 0.2) is 11.5 Å². The van der Waals surface area contributed by atoms with Crippen molar-refractivity contribution in [2.75, 3.05) is 17.3 Å². The van der Waals surface area contributed by atoms with Gasteiger partial charge in [0.05, 0.1) is 22.2 Å². The largest absolute Gasteiger partial charge is 0.437 e. The fourth-order valence-corrected chi connectivity index (χ4v) is 5.33. The summed E-state index contributed by atoms with van der Waals surface area (Å²) in [4.78, 5) is 53.9. The van der Waals surface area contributed by atoms with E-state index in [1.807, 2.05) is 0 Å². The van der Waals surface area contributed by atoms with Crippen molar-refractivity contribution >= 4 is 58.1 Å². The van der Waals surface area contributed by atoms with E-state index in [0.29, 0.717) is 12.8 Å². The molecule has 1 aliphatic heterocycles. The fraction of sp³-hybridized carbons (Fsp3) is 0.259. The molecule has 0 N–H and O–H groups in total. The van der Waals surface area contributed by atoms with E-state index in [9.17, 15) is 19.2 Å². The molecule has 2 heterocycles. The SMILES string of the molecule is CN1C(=O)O[C@](c2c(C3CC3)c3c(oc2=O)C(=O)c2ccccc2C3=O)(C(F)(F)F)c2cc(Cl)ccc21.ClCCl. The molecule has 208 valence electrons. The van der Waals surface area contributed by atoms with Crippen LogP contribution in [-0.2, 0) is 10.3 Å². The molecule has 1 amide bonds. The molecule has 2 aromatic carbocycles. The predicted molar refractivity (Wildman–Crippen MR) is 140 cm³/mol. The molecule has 0 radical (unpaired) electrons. The smallest absolute Gasteiger partial charge is 0.422 e. The number of anilines is 1. The molecule has 3 aliphatic rings. The molecule has 0 spiro atoms. The number of ether oxygens (including phenoxy) is 1. The van der Waals surface area contributed by atoms with Gasteiger partial charge in [-0.25, -0.2) is 9.59 Å². The number of amides is 1. The summed E-state index contributed by atoms with van der Waals surface area (Å²) in [7, 11) is 1.21. The van der Waals surface area contributed by atoms with Crippen LogP contribution in [0.2, 0.25) is 5.02 Å². The molecule has 6 rings (SSSR count). The lowest BCUT2D eigenvalue weighted by Crippen LogP contribution is -2.56. The zero-order valence-corrected chi connectivity index (χ0v) is 22.7. The van der Waals surface area contributed by atoms with Crippen molar-refractivity contribution in [3.63, 3.8) is 0 Å². The highest BCUT2D eigenvalue weighted by molar-refractivity contribution is 6.40. The Morgan fingerprint density at radius 1 is 1.00 bits per heavy atom. The van der Waals surface area contributed by atoms with Gasteiger partial charge in [0, 0.05) is 28.8 Å². The predicted octanol–water partition coefficient (Wildman–Crippen LogP) is 6.76. The number of hydrogen-bond donors (Lipinski definition) is 0. The van der Waals surface area contributed by atoms with Crippen molar-refractivity contribution in [2.45, 2.75) is 30.5 Å². The zero-order chi connectivity index (χ0) is 29.1. The lowest BCUT2D eigenvalue weighted by Gasteiger charge is -2.42. The number of benzene rings is 2. The molecule has 0 unspecified atom stereocenters. The maximum Gasteiger partial charge on any atom is 0.437 e. The van der Waals surface area contributed by atoms with Crippen LogP contribution in [0.25, 0.3) is 0 Å². The molecule has 2 aliphatic carbocycles. The molecule has 7 nitrogen and oxygen atoms in total. The van der Waals surface area contributed by atoms with Crippen LogP contribution < -0.4 is 10.5 Å². The van der Waals surface area contributed by atoms with E-state index in [0.717, 1.165) is 11.0 Å². The van der Waals surface area contributed by atoms with Gasteiger partial charge >= 0.3 is 17.9 Å². The molecule has 0 saturated heterocycles. The highest BCUT2D eigenvalue weighted by Crippen LogP contribution is 2.57. The second-order valence-corrected chi connectivity index (χ2v) is 10.5. The van der Waals surface area contributed by atoms with Crippen molar-refractivity contribution in [3.8, 4) is 0 Å². The van der Waals surface area contributed by atoms with Gasteiger partial charge in [-0.1, -0.05) is 35.9 Å². The Morgan fingerprint density at radius 3 is 2.17 bits per heavy atom. The Morgan fingerprint density at radius 2 is 1.60 bits per heavy atom. The molecule has 40 heavy (non-hydrogen) atoms. The van der Waals surface area contributed by atoms with Crippen LogP contribution in [0.15, 0.2) is 51.7 Å². The Bertz CT molecular complexity index is 1650. The number of carbonyl (C=O) groups excluding carboxylic acids is 3. The van der Waals surface area contributed by atoms with E-state index in [2.05, 4.69) is 0 Å². The standard InChI is InChI=1S/C26H15ClF3NO6.CH2Cl2/c1-31-16-9-8-12(27)10-15(16)25(26(28,29)30,37-24(31)35)19-17(11-6-7-11)18-20(32)13-4-2-3-5-14(13)21(33)22(18)36-23(19)34;2-1-3/h2-5,8-11H,6-7H2,1H3;1H2/t25-;/m1./s1. The van der Waals surface area contributed by atoms with Crippen LogP contribution in [0.5, 0.6) is 0 Å². The fourth-order valence-electron chi connectivity index (χ4n) is 5.16. The van der Waals surface area contributed by atoms with Gasteiger partial charge in [-0.3, -0.25) is 14.5 Å². The van der Waals surface area contributed by atoms with E-state index in [4.69, 9.17) is 44.0 Å². The topological polar surface area (TPSA) is 93.9 Å². The Labute approximate surface area is 239 Å². The van der Waals surface area contributed by atoms with Crippen molar-refractivity contribution in [2.24, 2.45) is 0 Å². The number of rotatable bonds is 2. The number of halogens is 6. The van der Waals surface area contributed by atoms with E-state index in [1.54, 1.807) is 0 Å². The number of nitrogens with zero attached hydrogens (tertiary/aromatic N) is 1. The van der Waals surface area contributed by atoms with Crippen LogP contribution in [0.1, 0.15) is 67.5 Å². The molecular weight excluding hydrogens is 598 g/mol. The maximum atomic E-state index is 15.2. The Balaban J connectivity index is 0.00000103. The maximum absolute atomic E-state index is 15.2. The van der Waals surface area contributed by atoms with Crippen LogP contribution >= 0.6 is 34.8 Å². The summed E-state index contributed by atoms with van der Waals surface area (Å²) in [6.45, 7) is 0. The summed E-state index contributed by atoms with van der Waals surface area (Å²) in [5, 5.41) is 0.0919. The molecule has 3 aromatic rings. The molecule has 1 fully saturated rings. The minimum atomic E-state index is -5.38. The molecule has 0 bridgehead atoms. The molecule has 1 atom stereocenters. The summed E-state index contributed by atoms with van der Waals surface area (Å²) in [5.74, 6) is -2.82. The first-order valence-electron chi connectivity index (χ1n) is 11.7. The second-order valence-electron chi connectivity index (χ2n) is 9.23. The summed E-state index contributed by atoms with van der Waals surface area (Å²) >= 11 is 15.6. The summed E-state index contributed by atoms with van der Waals surface area (Å²) < 4.78 is 55.9. The van der Waals surface area contributed by atoms with E-state index in [1.165, 1.54) is 43.4 Å². The average molecular weight is 615 g/mol. The molecule has 13 heteroatoms. The monoisotopic (exact) mass is 613 g/mol. The first kappa shape index (κ1) is 28.2. The van der Waals surface area contributed by atoms with Gasteiger partial charge in [-0.15, -0.1) is 23.2 Å². The number of fused-ring (bicyclic) bond motifs is 3. The number of cyclic esters (lactones) is 1. The van der Waals surface area contributed by atoms with Crippen LogP contribution in [0.4, 0.5) is 23.7 Å². The van der Waals surface area contributed by atoms with Crippen molar-refractivity contribution in [3.05, 3.63) is 97.0 Å². The van der Waals surface area contributed by atoms with Gasteiger partial charge in [-0.05, 0) is 42.5 Å². The average Bonchev–Trinajstić information content (AvgIpc) is 3.74. The highest BCUT2D eigenvalue weighted by atomic mass is 35.5. The minimum Gasteiger partial charge on any atom is -0.422 e. The third-order valence-corrected chi connectivity index (χ3v) is 7.20. The second kappa shape index (κ2) is 9.94. The molecule has 1 aromatic heterocycles. The summed E-state index contributed by atoms with van der Waals surface area (Å²) in [5.41, 5.74) is -7.76. The van der Waals surface area contributed by atoms with Gasteiger partial charge in [0.25, 0.3) is 5.60 Å².